The maximum absolute atomic E-state index is 14.4. The highest BCUT2D eigenvalue weighted by atomic mass is 19.1. The standard InChI is InChI=1S/C21H26FN5O2/c1-14-8-10-26(11-9-14)13-17-23-19-18(20(28)25(3)21(29)24(19)2)27(17)12-15-6-4-5-7-16(15)22/h4-7,14H,8-13H2,1-3H3. The lowest BCUT2D eigenvalue weighted by molar-refractivity contribution is 0.180. The first kappa shape index (κ1) is 19.6. The Morgan fingerprint density at radius 2 is 1.76 bits per heavy atom. The van der Waals surface area contributed by atoms with Gasteiger partial charge in [0.2, 0.25) is 0 Å². The number of likely N-dealkylation sites (tertiary alicyclic amines) is 1. The third-order valence-electron chi connectivity index (χ3n) is 5.95. The summed E-state index contributed by atoms with van der Waals surface area (Å²) in [6.45, 7) is 4.93. The molecule has 4 rings (SSSR count). The smallest absolute Gasteiger partial charge is 0.316 e. The van der Waals surface area contributed by atoms with Gasteiger partial charge in [0.1, 0.15) is 11.6 Å². The number of nitrogens with zero attached hydrogens (tertiary/aromatic N) is 5. The number of aromatic nitrogens is 4. The Labute approximate surface area is 168 Å². The van der Waals surface area contributed by atoms with Crippen LogP contribution in [0, 0.1) is 11.7 Å². The van der Waals surface area contributed by atoms with Gasteiger partial charge in [0.25, 0.3) is 5.56 Å². The zero-order chi connectivity index (χ0) is 20.7. The van der Waals surface area contributed by atoms with Crippen molar-refractivity contribution in [1.82, 2.24) is 23.6 Å². The SMILES string of the molecule is CC1CCN(Cc2nc3c(c(=O)n(C)c(=O)n3C)n2Cc2ccccc2F)CC1. The van der Waals surface area contributed by atoms with E-state index in [1.807, 2.05) is 0 Å². The van der Waals surface area contributed by atoms with E-state index in [0.717, 1.165) is 30.5 Å². The molecule has 8 heteroatoms. The van der Waals surface area contributed by atoms with E-state index in [1.165, 1.54) is 17.7 Å². The number of benzene rings is 1. The predicted molar refractivity (Wildman–Crippen MR) is 109 cm³/mol. The molecule has 3 heterocycles. The molecule has 0 saturated carbocycles. The number of fused-ring (bicyclic) bond motifs is 1. The van der Waals surface area contributed by atoms with Gasteiger partial charge in [0.05, 0.1) is 13.1 Å². The van der Waals surface area contributed by atoms with Gasteiger partial charge >= 0.3 is 5.69 Å². The minimum absolute atomic E-state index is 0.191. The van der Waals surface area contributed by atoms with Crippen molar-refractivity contribution in [3.05, 3.63) is 62.3 Å². The van der Waals surface area contributed by atoms with E-state index in [4.69, 9.17) is 0 Å². The fourth-order valence-corrected chi connectivity index (χ4v) is 4.00. The van der Waals surface area contributed by atoms with Crippen LogP contribution >= 0.6 is 0 Å². The molecule has 1 aromatic carbocycles. The summed E-state index contributed by atoms with van der Waals surface area (Å²) in [5.74, 6) is 1.06. The molecule has 0 radical (unpaired) electrons. The fourth-order valence-electron chi connectivity index (χ4n) is 4.00. The van der Waals surface area contributed by atoms with Gasteiger partial charge in [0, 0.05) is 19.7 Å². The number of aryl methyl sites for hydroxylation is 1. The van der Waals surface area contributed by atoms with Crippen LogP contribution in [0.4, 0.5) is 4.39 Å². The maximum atomic E-state index is 14.4. The van der Waals surface area contributed by atoms with Crippen LogP contribution in [-0.2, 0) is 27.2 Å². The molecule has 3 aromatic rings. The van der Waals surface area contributed by atoms with Crippen LogP contribution in [0.2, 0.25) is 0 Å². The van der Waals surface area contributed by atoms with Crippen molar-refractivity contribution in [3.63, 3.8) is 0 Å². The molecule has 0 aliphatic carbocycles. The van der Waals surface area contributed by atoms with Crippen molar-refractivity contribution in [1.29, 1.82) is 0 Å². The van der Waals surface area contributed by atoms with Gasteiger partial charge in [-0.05, 0) is 37.9 Å². The number of hydrogen-bond donors (Lipinski definition) is 0. The molecule has 1 fully saturated rings. The first-order valence-electron chi connectivity index (χ1n) is 9.97. The molecule has 1 aliphatic rings. The molecule has 0 bridgehead atoms. The van der Waals surface area contributed by atoms with Crippen molar-refractivity contribution < 1.29 is 4.39 Å². The van der Waals surface area contributed by atoms with E-state index in [1.54, 1.807) is 29.8 Å². The Morgan fingerprint density at radius 1 is 1.07 bits per heavy atom. The summed E-state index contributed by atoms with van der Waals surface area (Å²) in [7, 11) is 3.06. The second-order valence-electron chi connectivity index (χ2n) is 8.04. The van der Waals surface area contributed by atoms with Crippen molar-refractivity contribution in [2.24, 2.45) is 20.0 Å². The van der Waals surface area contributed by atoms with Crippen molar-refractivity contribution in [2.45, 2.75) is 32.9 Å². The first-order valence-corrected chi connectivity index (χ1v) is 9.97. The molecule has 1 saturated heterocycles. The van der Waals surface area contributed by atoms with Gasteiger partial charge in [-0.1, -0.05) is 25.1 Å². The average molecular weight is 399 g/mol. The number of rotatable bonds is 4. The Kier molecular flexibility index (Phi) is 5.12. The lowest BCUT2D eigenvalue weighted by Gasteiger charge is -2.29. The monoisotopic (exact) mass is 399 g/mol. The highest BCUT2D eigenvalue weighted by Crippen LogP contribution is 2.21. The second-order valence-corrected chi connectivity index (χ2v) is 8.04. The summed E-state index contributed by atoms with van der Waals surface area (Å²) in [6, 6.07) is 6.54. The second kappa shape index (κ2) is 7.59. The summed E-state index contributed by atoms with van der Waals surface area (Å²) in [5.41, 5.74) is 0.325. The number of piperidine rings is 1. The first-order chi connectivity index (χ1) is 13.9. The minimum Gasteiger partial charge on any atom is -0.316 e. The molecule has 29 heavy (non-hydrogen) atoms. The summed E-state index contributed by atoms with van der Waals surface area (Å²) in [6.07, 6.45) is 2.24. The largest absolute Gasteiger partial charge is 0.332 e. The summed E-state index contributed by atoms with van der Waals surface area (Å²) >= 11 is 0. The lowest BCUT2D eigenvalue weighted by Crippen LogP contribution is -2.37. The minimum atomic E-state index is -0.420. The van der Waals surface area contributed by atoms with Crippen LogP contribution in [0.15, 0.2) is 33.9 Å². The van der Waals surface area contributed by atoms with E-state index in [-0.39, 0.29) is 12.4 Å². The topological polar surface area (TPSA) is 65.1 Å². The molecule has 0 unspecified atom stereocenters. The van der Waals surface area contributed by atoms with Crippen molar-refractivity contribution in [3.8, 4) is 0 Å². The van der Waals surface area contributed by atoms with Gasteiger partial charge in [-0.2, -0.15) is 0 Å². The molecular formula is C21H26FN5O2. The highest BCUT2D eigenvalue weighted by Gasteiger charge is 2.23. The summed E-state index contributed by atoms with van der Waals surface area (Å²) < 4.78 is 18.6. The van der Waals surface area contributed by atoms with Crippen LogP contribution in [0.1, 0.15) is 31.2 Å². The number of imidazole rings is 1. The van der Waals surface area contributed by atoms with E-state index in [9.17, 15) is 14.0 Å². The zero-order valence-electron chi connectivity index (χ0n) is 17.1. The zero-order valence-corrected chi connectivity index (χ0v) is 17.1. The van der Waals surface area contributed by atoms with E-state index >= 15 is 0 Å². The van der Waals surface area contributed by atoms with E-state index < -0.39 is 11.2 Å². The normalized spacial score (nSPS) is 16.0. The van der Waals surface area contributed by atoms with Crippen LogP contribution in [-0.4, -0.2) is 36.7 Å². The predicted octanol–water partition coefficient (Wildman–Crippen LogP) is 1.85. The van der Waals surface area contributed by atoms with Gasteiger partial charge < -0.3 is 4.57 Å². The molecule has 0 N–H and O–H groups in total. The van der Waals surface area contributed by atoms with Crippen LogP contribution in [0.25, 0.3) is 11.2 Å². The summed E-state index contributed by atoms with van der Waals surface area (Å²) in [4.78, 5) is 32.3. The lowest BCUT2D eigenvalue weighted by atomic mass is 9.99. The Bertz CT molecular complexity index is 1170. The molecule has 7 nitrogen and oxygen atoms in total. The summed E-state index contributed by atoms with van der Waals surface area (Å²) in [5, 5.41) is 0. The molecule has 154 valence electrons. The Hall–Kier alpha value is -2.74. The van der Waals surface area contributed by atoms with Gasteiger partial charge in [-0.15, -0.1) is 0 Å². The van der Waals surface area contributed by atoms with Crippen LogP contribution < -0.4 is 11.2 Å². The highest BCUT2D eigenvalue weighted by molar-refractivity contribution is 5.71. The van der Waals surface area contributed by atoms with E-state index in [2.05, 4.69) is 16.8 Å². The number of hydrogen-bond acceptors (Lipinski definition) is 4. The Morgan fingerprint density at radius 3 is 2.45 bits per heavy atom. The van der Waals surface area contributed by atoms with Gasteiger partial charge in [-0.25, -0.2) is 14.2 Å². The molecule has 0 spiro atoms. The number of halogens is 1. The van der Waals surface area contributed by atoms with Gasteiger partial charge in [-0.3, -0.25) is 18.8 Å². The molecule has 2 aromatic heterocycles. The van der Waals surface area contributed by atoms with Crippen molar-refractivity contribution >= 4 is 11.2 Å². The van der Waals surface area contributed by atoms with Crippen LogP contribution in [0.5, 0.6) is 0 Å². The Balaban J connectivity index is 1.86. The maximum Gasteiger partial charge on any atom is 0.332 e. The quantitative estimate of drug-likeness (QED) is 0.672. The van der Waals surface area contributed by atoms with Crippen molar-refractivity contribution in [2.75, 3.05) is 13.1 Å². The van der Waals surface area contributed by atoms with Crippen LogP contribution in [0.3, 0.4) is 0 Å². The molecule has 0 atom stereocenters. The molecular weight excluding hydrogens is 373 g/mol. The molecule has 1 aliphatic heterocycles. The average Bonchev–Trinajstić information content (AvgIpc) is 3.06. The van der Waals surface area contributed by atoms with Gasteiger partial charge in [0.15, 0.2) is 11.2 Å². The van der Waals surface area contributed by atoms with E-state index in [0.29, 0.717) is 35.0 Å². The molecule has 0 amide bonds. The fraction of sp³-hybridized carbons (Fsp3) is 0.476. The third-order valence-corrected chi connectivity index (χ3v) is 5.95. The third kappa shape index (κ3) is 3.53.